The summed E-state index contributed by atoms with van der Waals surface area (Å²) in [6.07, 6.45) is 1.50. The Morgan fingerprint density at radius 3 is 2.50 bits per heavy atom. The van der Waals surface area contributed by atoms with Gasteiger partial charge in [0.1, 0.15) is 23.7 Å². The molecule has 1 amide bonds. The summed E-state index contributed by atoms with van der Waals surface area (Å²) in [4.78, 5) is 25.0. The van der Waals surface area contributed by atoms with Crippen LogP contribution in [0.4, 0.5) is 10.2 Å². The van der Waals surface area contributed by atoms with E-state index >= 15 is 0 Å². The first-order valence-electron chi connectivity index (χ1n) is 9.58. The van der Waals surface area contributed by atoms with Crippen LogP contribution in [0.1, 0.15) is 0 Å². The largest absolute Gasteiger partial charge is 0.482 e. The smallest absolute Gasteiger partial charge is 0.260 e. The number of nitrogens with zero attached hydrogens (tertiary/aromatic N) is 4. The molecule has 0 unspecified atom stereocenters. The summed E-state index contributed by atoms with van der Waals surface area (Å²) in [5.41, 5.74) is 1.55. The van der Waals surface area contributed by atoms with Crippen LogP contribution in [0.5, 0.6) is 5.75 Å². The molecule has 1 aromatic heterocycles. The van der Waals surface area contributed by atoms with Crippen LogP contribution in [-0.4, -0.2) is 53.6 Å². The van der Waals surface area contributed by atoms with Crippen LogP contribution >= 0.6 is 11.6 Å². The second-order valence-electron chi connectivity index (χ2n) is 6.86. The fourth-order valence-electron chi connectivity index (χ4n) is 3.28. The normalized spacial score (nSPS) is 13.9. The molecule has 0 bridgehead atoms. The van der Waals surface area contributed by atoms with E-state index in [4.69, 9.17) is 16.3 Å². The maximum atomic E-state index is 13.2. The number of rotatable bonds is 5. The highest BCUT2D eigenvalue weighted by Crippen LogP contribution is 2.24. The molecule has 30 heavy (non-hydrogen) atoms. The molecule has 0 N–H and O–H groups in total. The molecule has 1 saturated heterocycles. The summed E-state index contributed by atoms with van der Waals surface area (Å²) in [5, 5.41) is 0.482. The molecule has 1 aliphatic rings. The number of piperazine rings is 1. The third-order valence-corrected chi connectivity index (χ3v) is 5.25. The third-order valence-electron chi connectivity index (χ3n) is 4.94. The van der Waals surface area contributed by atoms with E-state index in [0.29, 0.717) is 37.0 Å². The Kier molecular flexibility index (Phi) is 6.09. The van der Waals surface area contributed by atoms with Gasteiger partial charge in [-0.2, -0.15) is 0 Å². The van der Waals surface area contributed by atoms with Crippen molar-refractivity contribution in [3.8, 4) is 17.0 Å². The predicted octanol–water partition coefficient (Wildman–Crippen LogP) is 3.66. The van der Waals surface area contributed by atoms with Crippen LogP contribution in [-0.2, 0) is 4.79 Å². The van der Waals surface area contributed by atoms with Crippen LogP contribution in [0, 0.1) is 5.82 Å². The Bertz CT molecular complexity index is 1020. The molecular formula is C22H20ClFN4O2. The minimum atomic E-state index is -0.285. The monoisotopic (exact) mass is 426 g/mol. The van der Waals surface area contributed by atoms with Gasteiger partial charge < -0.3 is 14.5 Å². The molecule has 0 radical (unpaired) electrons. The van der Waals surface area contributed by atoms with Gasteiger partial charge >= 0.3 is 0 Å². The minimum Gasteiger partial charge on any atom is -0.482 e. The number of carbonyl (C=O) groups excluding carboxylic acids is 1. The van der Waals surface area contributed by atoms with Gasteiger partial charge in [-0.3, -0.25) is 4.79 Å². The molecule has 0 atom stereocenters. The quantitative estimate of drug-likeness (QED) is 0.623. The molecule has 1 fully saturated rings. The Morgan fingerprint density at radius 1 is 1.03 bits per heavy atom. The van der Waals surface area contributed by atoms with Gasteiger partial charge in [0.25, 0.3) is 5.91 Å². The average Bonchev–Trinajstić information content (AvgIpc) is 2.79. The molecule has 6 nitrogen and oxygen atoms in total. The molecule has 0 saturated carbocycles. The number of hydrogen-bond donors (Lipinski definition) is 0. The molecule has 1 aliphatic heterocycles. The van der Waals surface area contributed by atoms with Gasteiger partial charge in [-0.1, -0.05) is 23.7 Å². The van der Waals surface area contributed by atoms with Crippen molar-refractivity contribution < 1.29 is 13.9 Å². The number of hydrogen-bond acceptors (Lipinski definition) is 5. The maximum Gasteiger partial charge on any atom is 0.260 e. The van der Waals surface area contributed by atoms with Gasteiger partial charge in [0.15, 0.2) is 6.61 Å². The summed E-state index contributed by atoms with van der Waals surface area (Å²) in [5.74, 6) is 0.917. The maximum absolute atomic E-state index is 13.2. The average molecular weight is 427 g/mol. The zero-order valence-corrected chi connectivity index (χ0v) is 16.9. The lowest BCUT2D eigenvalue weighted by atomic mass is 10.1. The number of carbonyl (C=O) groups is 1. The molecule has 0 aliphatic carbocycles. The molecular weight excluding hydrogens is 407 g/mol. The van der Waals surface area contributed by atoms with Crippen molar-refractivity contribution in [3.05, 3.63) is 71.8 Å². The molecule has 2 aromatic carbocycles. The van der Waals surface area contributed by atoms with Gasteiger partial charge in [-0.25, -0.2) is 14.4 Å². The van der Waals surface area contributed by atoms with Crippen molar-refractivity contribution >= 4 is 23.3 Å². The van der Waals surface area contributed by atoms with E-state index < -0.39 is 0 Å². The molecule has 8 heteroatoms. The Labute approximate surface area is 178 Å². The van der Waals surface area contributed by atoms with E-state index in [0.717, 1.165) is 17.1 Å². The highest BCUT2D eigenvalue weighted by atomic mass is 35.5. The zero-order valence-electron chi connectivity index (χ0n) is 16.2. The first-order chi connectivity index (χ1) is 14.6. The lowest BCUT2D eigenvalue weighted by Gasteiger charge is -2.35. The predicted molar refractivity (Wildman–Crippen MR) is 113 cm³/mol. The fraction of sp³-hybridized carbons (Fsp3) is 0.227. The van der Waals surface area contributed by atoms with E-state index in [2.05, 4.69) is 14.9 Å². The Morgan fingerprint density at radius 2 is 1.77 bits per heavy atom. The fourth-order valence-corrected chi connectivity index (χ4v) is 3.47. The molecule has 3 aromatic rings. The zero-order chi connectivity index (χ0) is 20.9. The van der Waals surface area contributed by atoms with E-state index in [9.17, 15) is 9.18 Å². The van der Waals surface area contributed by atoms with Gasteiger partial charge in [-0.05, 0) is 36.4 Å². The second-order valence-corrected chi connectivity index (χ2v) is 7.26. The number of amides is 1. The van der Waals surface area contributed by atoms with Crippen LogP contribution in [0.2, 0.25) is 5.02 Å². The van der Waals surface area contributed by atoms with Crippen LogP contribution in [0.3, 0.4) is 0 Å². The van der Waals surface area contributed by atoms with Crippen molar-refractivity contribution in [2.75, 3.05) is 37.7 Å². The van der Waals surface area contributed by atoms with Crippen molar-refractivity contribution in [3.63, 3.8) is 0 Å². The topological polar surface area (TPSA) is 58.6 Å². The highest BCUT2D eigenvalue weighted by molar-refractivity contribution is 6.32. The van der Waals surface area contributed by atoms with Crippen LogP contribution in [0.15, 0.2) is 60.9 Å². The van der Waals surface area contributed by atoms with Gasteiger partial charge in [0.2, 0.25) is 0 Å². The third kappa shape index (κ3) is 4.68. The number of aromatic nitrogens is 2. The molecule has 2 heterocycles. The first-order valence-corrected chi connectivity index (χ1v) is 9.96. The summed E-state index contributed by atoms with van der Waals surface area (Å²) in [7, 11) is 0. The lowest BCUT2D eigenvalue weighted by Crippen LogP contribution is -2.50. The van der Waals surface area contributed by atoms with Crippen molar-refractivity contribution in [2.24, 2.45) is 0 Å². The van der Waals surface area contributed by atoms with Gasteiger partial charge in [0, 0.05) is 37.8 Å². The molecule has 154 valence electrons. The Balaban J connectivity index is 1.34. The lowest BCUT2D eigenvalue weighted by molar-refractivity contribution is -0.133. The summed E-state index contributed by atoms with van der Waals surface area (Å²) < 4.78 is 18.7. The number of anilines is 1. The highest BCUT2D eigenvalue weighted by Gasteiger charge is 2.22. The van der Waals surface area contributed by atoms with Crippen molar-refractivity contribution in [2.45, 2.75) is 0 Å². The number of benzene rings is 2. The van der Waals surface area contributed by atoms with E-state index in [1.807, 2.05) is 18.2 Å². The number of para-hydroxylation sites is 1. The van der Waals surface area contributed by atoms with Crippen molar-refractivity contribution in [1.82, 2.24) is 14.9 Å². The van der Waals surface area contributed by atoms with Gasteiger partial charge in [-0.15, -0.1) is 0 Å². The summed E-state index contributed by atoms with van der Waals surface area (Å²) in [6, 6.07) is 15.2. The SMILES string of the molecule is O=C(COc1ccccc1Cl)N1CCN(c2cc(-c3ccc(F)cc3)ncn2)CC1. The summed E-state index contributed by atoms with van der Waals surface area (Å²) in [6.45, 7) is 2.39. The number of ether oxygens (including phenoxy) is 1. The van der Waals surface area contributed by atoms with E-state index in [1.165, 1.54) is 18.5 Å². The minimum absolute atomic E-state index is 0.0496. The van der Waals surface area contributed by atoms with Crippen molar-refractivity contribution in [1.29, 1.82) is 0 Å². The first kappa shape index (κ1) is 20.1. The van der Waals surface area contributed by atoms with Gasteiger partial charge in [0.05, 0.1) is 10.7 Å². The molecule has 0 spiro atoms. The standard InChI is InChI=1S/C22H20ClFN4O2/c23-18-3-1-2-4-20(18)30-14-22(29)28-11-9-27(10-12-28)21-13-19(25-15-26-21)16-5-7-17(24)8-6-16/h1-8,13,15H,9-12,14H2. The molecule has 4 rings (SSSR count). The Hall–Kier alpha value is -3.19. The van der Waals surface area contributed by atoms with E-state index in [1.54, 1.807) is 29.2 Å². The van der Waals surface area contributed by atoms with E-state index in [-0.39, 0.29) is 18.3 Å². The summed E-state index contributed by atoms with van der Waals surface area (Å²) >= 11 is 6.06. The van der Waals surface area contributed by atoms with Crippen LogP contribution < -0.4 is 9.64 Å². The van der Waals surface area contributed by atoms with Crippen LogP contribution in [0.25, 0.3) is 11.3 Å². The number of halogens is 2. The second kappa shape index (κ2) is 9.09.